The summed E-state index contributed by atoms with van der Waals surface area (Å²) >= 11 is 0. The van der Waals surface area contributed by atoms with E-state index in [0.29, 0.717) is 6.42 Å². The molecule has 0 saturated heterocycles. The summed E-state index contributed by atoms with van der Waals surface area (Å²) in [5.74, 6) is 0.0428. The summed E-state index contributed by atoms with van der Waals surface area (Å²) in [6.07, 6.45) is -0.0601. The van der Waals surface area contributed by atoms with E-state index >= 15 is 0 Å². The second-order valence-corrected chi connectivity index (χ2v) is 3.27. The predicted octanol–water partition coefficient (Wildman–Crippen LogP) is 2.23. The first-order valence-corrected chi connectivity index (χ1v) is 4.33. The SMILES string of the molecule is [2H]C1CC(=O)n2c1cc1ccccc12. The van der Waals surface area contributed by atoms with Gasteiger partial charge in [0.25, 0.3) is 0 Å². The average Bonchev–Trinajstić information content (AvgIpc) is 2.66. The van der Waals surface area contributed by atoms with Crippen molar-refractivity contribution in [2.75, 3.05) is 0 Å². The molecule has 0 saturated carbocycles. The van der Waals surface area contributed by atoms with Gasteiger partial charge in [-0.3, -0.25) is 9.36 Å². The Labute approximate surface area is 77.2 Å². The second-order valence-electron chi connectivity index (χ2n) is 3.27. The van der Waals surface area contributed by atoms with Crippen LogP contribution in [0.2, 0.25) is 0 Å². The maximum atomic E-state index is 11.6. The number of benzene rings is 1. The molecule has 1 aliphatic heterocycles. The highest BCUT2D eigenvalue weighted by atomic mass is 16.2. The second kappa shape index (κ2) is 2.22. The van der Waals surface area contributed by atoms with E-state index in [1.165, 1.54) is 0 Å². The normalized spacial score (nSPS) is 22.0. The Morgan fingerprint density at radius 1 is 1.38 bits per heavy atom. The Morgan fingerprint density at radius 3 is 3.15 bits per heavy atom. The van der Waals surface area contributed by atoms with E-state index in [9.17, 15) is 4.79 Å². The maximum absolute atomic E-state index is 11.6. The maximum Gasteiger partial charge on any atom is 0.231 e. The van der Waals surface area contributed by atoms with Crippen LogP contribution in [0.1, 0.15) is 18.3 Å². The molecule has 0 N–H and O–H groups in total. The van der Waals surface area contributed by atoms with Crippen molar-refractivity contribution in [3.05, 3.63) is 36.0 Å². The van der Waals surface area contributed by atoms with Gasteiger partial charge in [0.2, 0.25) is 5.91 Å². The van der Waals surface area contributed by atoms with Gasteiger partial charge in [0.1, 0.15) is 0 Å². The van der Waals surface area contributed by atoms with E-state index in [-0.39, 0.29) is 12.3 Å². The predicted molar refractivity (Wildman–Crippen MR) is 50.9 cm³/mol. The van der Waals surface area contributed by atoms with E-state index < -0.39 is 0 Å². The van der Waals surface area contributed by atoms with Crippen molar-refractivity contribution >= 4 is 16.8 Å². The van der Waals surface area contributed by atoms with Gasteiger partial charge in [-0.25, -0.2) is 0 Å². The van der Waals surface area contributed by atoms with Gasteiger partial charge < -0.3 is 0 Å². The van der Waals surface area contributed by atoms with Crippen LogP contribution in [0.4, 0.5) is 0 Å². The van der Waals surface area contributed by atoms with Crippen LogP contribution >= 0.6 is 0 Å². The fraction of sp³-hybridized carbons (Fsp3) is 0.182. The van der Waals surface area contributed by atoms with Crippen molar-refractivity contribution in [3.8, 4) is 0 Å². The number of aromatic nitrogens is 1. The van der Waals surface area contributed by atoms with Gasteiger partial charge in [-0.2, -0.15) is 0 Å². The minimum absolute atomic E-state index is 0.0428. The van der Waals surface area contributed by atoms with Crippen molar-refractivity contribution in [1.82, 2.24) is 4.57 Å². The van der Waals surface area contributed by atoms with Crippen molar-refractivity contribution in [3.63, 3.8) is 0 Å². The smallest absolute Gasteiger partial charge is 0.231 e. The molecule has 1 aromatic carbocycles. The number of hydrogen-bond acceptors (Lipinski definition) is 1. The molecule has 2 heteroatoms. The van der Waals surface area contributed by atoms with E-state index in [1.807, 2.05) is 30.3 Å². The first-order chi connectivity index (χ1) is 6.77. The largest absolute Gasteiger partial charge is 0.284 e. The molecule has 1 aromatic heterocycles. The third-order valence-corrected chi connectivity index (χ3v) is 2.47. The standard InChI is InChI=1S/C11H9NO/c13-11-6-5-9-7-8-3-1-2-4-10(8)12(9)11/h1-4,7H,5-6H2/i5D. The van der Waals surface area contributed by atoms with Crippen molar-refractivity contribution < 1.29 is 6.17 Å². The Balaban J connectivity index is 2.43. The van der Waals surface area contributed by atoms with E-state index in [2.05, 4.69) is 0 Å². The lowest BCUT2D eigenvalue weighted by molar-refractivity contribution is 0.0928. The zero-order valence-electron chi connectivity index (χ0n) is 8.03. The van der Waals surface area contributed by atoms with Crippen LogP contribution in [0.3, 0.4) is 0 Å². The van der Waals surface area contributed by atoms with Crippen LogP contribution in [0.25, 0.3) is 10.9 Å². The molecule has 3 rings (SSSR count). The zero-order chi connectivity index (χ0) is 9.71. The van der Waals surface area contributed by atoms with Crippen molar-refractivity contribution in [1.29, 1.82) is 0 Å². The minimum Gasteiger partial charge on any atom is -0.284 e. The number of hydrogen-bond donors (Lipinski definition) is 0. The Kier molecular flexibility index (Phi) is 1.02. The van der Waals surface area contributed by atoms with Gasteiger partial charge in [0.05, 0.1) is 5.52 Å². The third kappa shape index (κ3) is 0.800. The highest BCUT2D eigenvalue weighted by Crippen LogP contribution is 2.25. The fourth-order valence-corrected chi connectivity index (χ4v) is 1.89. The number of aryl methyl sites for hydroxylation is 1. The first kappa shape index (κ1) is 5.97. The number of fused-ring (bicyclic) bond motifs is 3. The summed E-state index contributed by atoms with van der Waals surface area (Å²) in [6.45, 7) is 0. The molecule has 0 aliphatic carbocycles. The van der Waals surface area contributed by atoms with Crippen molar-refractivity contribution in [2.45, 2.75) is 12.8 Å². The molecule has 2 aromatic rings. The van der Waals surface area contributed by atoms with Crippen LogP contribution in [-0.2, 0) is 6.40 Å². The number of rotatable bonds is 0. The summed E-state index contributed by atoms with van der Waals surface area (Å²) in [4.78, 5) is 11.6. The van der Waals surface area contributed by atoms with Gasteiger partial charge in [-0.15, -0.1) is 0 Å². The van der Waals surface area contributed by atoms with E-state index in [1.54, 1.807) is 4.57 Å². The quantitative estimate of drug-likeness (QED) is 0.597. The lowest BCUT2D eigenvalue weighted by Crippen LogP contribution is -2.02. The topological polar surface area (TPSA) is 22.0 Å². The number of para-hydroxylation sites is 1. The molecule has 1 aliphatic rings. The number of carbonyl (C=O) groups is 1. The molecular formula is C11H9NO. The monoisotopic (exact) mass is 172 g/mol. The summed E-state index contributed by atoms with van der Waals surface area (Å²) in [7, 11) is 0. The number of nitrogens with zero attached hydrogens (tertiary/aromatic N) is 1. The number of carbonyl (C=O) groups excluding carboxylic acids is 1. The molecule has 2 heterocycles. The average molecular weight is 172 g/mol. The van der Waals surface area contributed by atoms with Crippen molar-refractivity contribution in [2.24, 2.45) is 0 Å². The highest BCUT2D eigenvalue weighted by molar-refractivity contribution is 5.95. The molecule has 13 heavy (non-hydrogen) atoms. The highest BCUT2D eigenvalue weighted by Gasteiger charge is 2.20. The van der Waals surface area contributed by atoms with Crippen LogP contribution in [0.15, 0.2) is 30.3 Å². The molecule has 2 nitrogen and oxygen atoms in total. The third-order valence-electron chi connectivity index (χ3n) is 2.47. The fourth-order valence-electron chi connectivity index (χ4n) is 1.89. The Bertz CT molecular complexity index is 529. The summed E-state index contributed by atoms with van der Waals surface area (Å²) in [6, 6.07) is 9.70. The van der Waals surface area contributed by atoms with Gasteiger partial charge >= 0.3 is 0 Å². The van der Waals surface area contributed by atoms with Gasteiger partial charge in [-0.05, 0) is 18.5 Å². The van der Waals surface area contributed by atoms with Crippen LogP contribution in [0, 0.1) is 0 Å². The van der Waals surface area contributed by atoms with Crippen LogP contribution < -0.4 is 0 Å². The molecule has 0 spiro atoms. The molecule has 1 atom stereocenters. The lowest BCUT2D eigenvalue weighted by Gasteiger charge is -1.96. The molecule has 64 valence electrons. The minimum atomic E-state index is -0.380. The Morgan fingerprint density at radius 2 is 2.23 bits per heavy atom. The Hall–Kier alpha value is -1.57. The molecule has 1 unspecified atom stereocenters. The molecule has 0 bridgehead atoms. The zero-order valence-corrected chi connectivity index (χ0v) is 7.03. The van der Waals surface area contributed by atoms with Gasteiger partial charge in [0, 0.05) is 18.9 Å². The molecule has 0 amide bonds. The summed E-state index contributed by atoms with van der Waals surface area (Å²) in [5, 5.41) is 1.05. The first-order valence-electron chi connectivity index (χ1n) is 4.91. The molecule has 0 fully saturated rings. The van der Waals surface area contributed by atoms with Gasteiger partial charge in [-0.1, -0.05) is 18.2 Å². The van der Waals surface area contributed by atoms with Crippen LogP contribution in [0.5, 0.6) is 0 Å². The molecule has 0 radical (unpaired) electrons. The van der Waals surface area contributed by atoms with Gasteiger partial charge in [0.15, 0.2) is 0 Å². The van der Waals surface area contributed by atoms with E-state index in [0.717, 1.165) is 16.6 Å². The summed E-state index contributed by atoms with van der Waals surface area (Å²) in [5.41, 5.74) is 1.76. The van der Waals surface area contributed by atoms with E-state index in [4.69, 9.17) is 1.37 Å². The van der Waals surface area contributed by atoms with Crippen LogP contribution in [-0.4, -0.2) is 10.5 Å². The molecular weight excluding hydrogens is 162 g/mol. The summed E-state index contributed by atoms with van der Waals surface area (Å²) < 4.78 is 9.41. The lowest BCUT2D eigenvalue weighted by atomic mass is 10.2.